The van der Waals surface area contributed by atoms with Gasteiger partial charge in [0, 0.05) is 0 Å². The van der Waals surface area contributed by atoms with E-state index in [9.17, 15) is 9.59 Å². The zero-order chi connectivity index (χ0) is 16.8. The van der Waals surface area contributed by atoms with E-state index in [0.29, 0.717) is 11.5 Å². The normalized spacial score (nSPS) is 10.0. The van der Waals surface area contributed by atoms with Gasteiger partial charge in [-0.1, -0.05) is 23.7 Å². The molecule has 2 aromatic carbocycles. The third kappa shape index (κ3) is 4.02. The molecule has 0 amide bonds. The molecular formula is C17H15ClO5. The highest BCUT2D eigenvalue weighted by Crippen LogP contribution is 2.24. The van der Waals surface area contributed by atoms with Crippen molar-refractivity contribution in [3.05, 3.63) is 58.6 Å². The van der Waals surface area contributed by atoms with Gasteiger partial charge >= 0.3 is 5.97 Å². The van der Waals surface area contributed by atoms with Crippen LogP contribution in [0.5, 0.6) is 11.5 Å². The molecule has 0 aliphatic rings. The molecule has 0 N–H and O–H groups in total. The van der Waals surface area contributed by atoms with Crippen molar-refractivity contribution in [3.63, 3.8) is 0 Å². The molecule has 5 nitrogen and oxygen atoms in total. The van der Waals surface area contributed by atoms with E-state index in [-0.39, 0.29) is 16.1 Å². The lowest BCUT2D eigenvalue weighted by Gasteiger charge is -2.10. The number of carbonyl (C=O) groups is 2. The minimum Gasteiger partial charge on any atom is -0.497 e. The first-order chi connectivity index (χ1) is 11.1. The minimum absolute atomic E-state index is 0.208. The van der Waals surface area contributed by atoms with Gasteiger partial charge in [0.15, 0.2) is 6.61 Å². The third-order valence-corrected chi connectivity index (χ3v) is 3.46. The fourth-order valence-corrected chi connectivity index (χ4v) is 2.16. The maximum atomic E-state index is 12.3. The summed E-state index contributed by atoms with van der Waals surface area (Å²) in [7, 11) is 2.95. The van der Waals surface area contributed by atoms with E-state index in [2.05, 4.69) is 0 Å². The summed E-state index contributed by atoms with van der Waals surface area (Å²) in [5.41, 5.74) is 0.485. The molecule has 6 heteroatoms. The number of hydrogen-bond donors (Lipinski definition) is 0. The van der Waals surface area contributed by atoms with Crippen LogP contribution >= 0.6 is 11.6 Å². The van der Waals surface area contributed by atoms with Crippen molar-refractivity contribution in [2.75, 3.05) is 20.8 Å². The van der Waals surface area contributed by atoms with E-state index < -0.39 is 18.4 Å². The molecule has 0 saturated heterocycles. The van der Waals surface area contributed by atoms with Crippen LogP contribution in [0.1, 0.15) is 20.7 Å². The van der Waals surface area contributed by atoms with E-state index in [1.54, 1.807) is 30.3 Å². The topological polar surface area (TPSA) is 61.8 Å². The summed E-state index contributed by atoms with van der Waals surface area (Å²) < 4.78 is 15.2. The summed E-state index contributed by atoms with van der Waals surface area (Å²) in [5, 5.41) is 0.268. The number of Topliss-reactive ketones (excluding diaryl/α,β-unsaturated/α-hetero) is 1. The first-order valence-corrected chi connectivity index (χ1v) is 7.11. The van der Waals surface area contributed by atoms with Crippen LogP contribution in [-0.4, -0.2) is 32.6 Å². The molecule has 0 saturated carbocycles. The molecule has 0 bridgehead atoms. The predicted molar refractivity (Wildman–Crippen MR) is 85.6 cm³/mol. The second-order valence-corrected chi connectivity index (χ2v) is 4.95. The average Bonchev–Trinajstić information content (AvgIpc) is 2.59. The van der Waals surface area contributed by atoms with E-state index in [1.165, 1.54) is 26.4 Å². The van der Waals surface area contributed by atoms with Gasteiger partial charge in [0.25, 0.3) is 0 Å². The van der Waals surface area contributed by atoms with Gasteiger partial charge in [0.05, 0.1) is 30.4 Å². The number of ether oxygens (including phenoxy) is 3. The Kier molecular flexibility index (Phi) is 5.60. The quantitative estimate of drug-likeness (QED) is 0.598. The van der Waals surface area contributed by atoms with E-state index in [4.69, 9.17) is 25.8 Å². The van der Waals surface area contributed by atoms with Crippen LogP contribution in [-0.2, 0) is 4.74 Å². The molecule has 0 aliphatic heterocycles. The van der Waals surface area contributed by atoms with Gasteiger partial charge in [-0.25, -0.2) is 4.79 Å². The number of halogens is 1. The van der Waals surface area contributed by atoms with Crippen LogP contribution in [0.15, 0.2) is 42.5 Å². The number of rotatable bonds is 6. The standard InChI is InChI=1S/C17H15ClO5/c1-21-11-7-8-16(22-2)13(9-11)15(19)10-23-17(20)12-5-3-4-6-14(12)18/h3-9H,10H2,1-2H3. The highest BCUT2D eigenvalue weighted by Gasteiger charge is 2.17. The van der Waals surface area contributed by atoms with Crippen LogP contribution < -0.4 is 9.47 Å². The highest BCUT2D eigenvalue weighted by molar-refractivity contribution is 6.33. The van der Waals surface area contributed by atoms with Crippen molar-refractivity contribution in [1.82, 2.24) is 0 Å². The largest absolute Gasteiger partial charge is 0.497 e. The number of carbonyl (C=O) groups excluding carboxylic acids is 2. The van der Waals surface area contributed by atoms with Gasteiger partial charge in [-0.2, -0.15) is 0 Å². The second-order valence-electron chi connectivity index (χ2n) is 4.55. The summed E-state index contributed by atoms with van der Waals surface area (Å²) in [6.45, 7) is -0.423. The fraction of sp³-hybridized carbons (Fsp3) is 0.176. The van der Waals surface area contributed by atoms with E-state index >= 15 is 0 Å². The molecule has 0 spiro atoms. The first-order valence-electron chi connectivity index (χ1n) is 6.73. The van der Waals surface area contributed by atoms with Crippen molar-refractivity contribution in [3.8, 4) is 11.5 Å². The fourth-order valence-electron chi connectivity index (χ4n) is 1.95. The molecule has 0 heterocycles. The molecule has 2 rings (SSSR count). The summed E-state index contributed by atoms with van der Waals surface area (Å²) in [5.74, 6) is -0.178. The highest BCUT2D eigenvalue weighted by atomic mass is 35.5. The predicted octanol–water partition coefficient (Wildman–Crippen LogP) is 3.40. The maximum absolute atomic E-state index is 12.3. The summed E-state index contributed by atoms with van der Waals surface area (Å²) in [4.78, 5) is 24.2. The Morgan fingerprint density at radius 3 is 2.39 bits per heavy atom. The number of benzene rings is 2. The van der Waals surface area contributed by atoms with Gasteiger partial charge in [-0.3, -0.25) is 4.79 Å². The van der Waals surface area contributed by atoms with Crippen molar-refractivity contribution in [2.45, 2.75) is 0 Å². The summed E-state index contributed by atoms with van der Waals surface area (Å²) in [6, 6.07) is 11.3. The molecule has 0 radical (unpaired) electrons. The lowest BCUT2D eigenvalue weighted by molar-refractivity contribution is 0.0474. The molecule has 0 atom stereocenters. The van der Waals surface area contributed by atoms with E-state index in [0.717, 1.165) is 0 Å². The smallest absolute Gasteiger partial charge is 0.340 e. The molecule has 0 aromatic heterocycles. The summed E-state index contributed by atoms with van der Waals surface area (Å²) >= 11 is 5.92. The van der Waals surface area contributed by atoms with Crippen LogP contribution in [0.3, 0.4) is 0 Å². The molecule has 23 heavy (non-hydrogen) atoms. The molecule has 0 fully saturated rings. The Morgan fingerprint density at radius 2 is 1.74 bits per heavy atom. The Bertz CT molecular complexity index is 727. The van der Waals surface area contributed by atoms with Crippen molar-refractivity contribution in [2.24, 2.45) is 0 Å². The van der Waals surface area contributed by atoms with Crippen molar-refractivity contribution < 1.29 is 23.8 Å². The van der Waals surface area contributed by atoms with E-state index in [1.807, 2.05) is 0 Å². The Labute approximate surface area is 138 Å². The van der Waals surface area contributed by atoms with Crippen LogP contribution in [0.25, 0.3) is 0 Å². The Balaban J connectivity index is 2.11. The number of esters is 1. The maximum Gasteiger partial charge on any atom is 0.340 e. The van der Waals surface area contributed by atoms with Crippen molar-refractivity contribution in [1.29, 1.82) is 0 Å². The van der Waals surface area contributed by atoms with Gasteiger partial charge in [0.2, 0.25) is 5.78 Å². The third-order valence-electron chi connectivity index (χ3n) is 3.14. The zero-order valence-corrected chi connectivity index (χ0v) is 13.4. The Morgan fingerprint density at radius 1 is 1.00 bits per heavy atom. The second kappa shape index (κ2) is 7.65. The summed E-state index contributed by atoms with van der Waals surface area (Å²) in [6.07, 6.45) is 0. The van der Waals surface area contributed by atoms with Gasteiger partial charge in [0.1, 0.15) is 11.5 Å². The number of methoxy groups -OCH3 is 2. The van der Waals surface area contributed by atoms with Gasteiger partial charge < -0.3 is 14.2 Å². The molecule has 2 aromatic rings. The Hall–Kier alpha value is -2.53. The van der Waals surface area contributed by atoms with Crippen LogP contribution in [0.4, 0.5) is 0 Å². The van der Waals surface area contributed by atoms with Crippen LogP contribution in [0.2, 0.25) is 5.02 Å². The van der Waals surface area contributed by atoms with Crippen molar-refractivity contribution >= 4 is 23.4 Å². The lowest BCUT2D eigenvalue weighted by atomic mass is 10.1. The monoisotopic (exact) mass is 334 g/mol. The molecule has 0 aliphatic carbocycles. The molecule has 0 unspecified atom stereocenters. The average molecular weight is 335 g/mol. The number of ketones is 1. The van der Waals surface area contributed by atoms with Crippen LogP contribution in [0, 0.1) is 0 Å². The molecular weight excluding hydrogens is 320 g/mol. The minimum atomic E-state index is -0.661. The number of hydrogen-bond acceptors (Lipinski definition) is 5. The SMILES string of the molecule is COc1ccc(OC)c(C(=O)COC(=O)c2ccccc2Cl)c1. The van der Waals surface area contributed by atoms with Gasteiger partial charge in [-0.15, -0.1) is 0 Å². The first kappa shape index (κ1) is 16.8. The zero-order valence-electron chi connectivity index (χ0n) is 12.7. The molecule has 120 valence electrons. The lowest BCUT2D eigenvalue weighted by Crippen LogP contribution is -2.15. The van der Waals surface area contributed by atoms with Gasteiger partial charge in [-0.05, 0) is 30.3 Å².